The normalized spacial score (nSPS) is 30.6. The topological polar surface area (TPSA) is 35.5 Å². The van der Waals surface area contributed by atoms with Crippen molar-refractivity contribution in [2.24, 2.45) is 22.7 Å². The Labute approximate surface area is 98.5 Å². The number of methoxy groups -OCH3 is 1. The van der Waals surface area contributed by atoms with Gasteiger partial charge in [-0.05, 0) is 16.7 Å². The standard InChI is InChI=1S/C13H24O3/c1-9(14)16-8-11-12(2,3)10(7-15-6)13(11,4)5/h10-11H,7-8H2,1-6H3. The molecule has 1 saturated carbocycles. The highest BCUT2D eigenvalue weighted by molar-refractivity contribution is 5.65. The number of esters is 1. The number of hydrogen-bond donors (Lipinski definition) is 0. The molecule has 3 heteroatoms. The molecule has 1 rings (SSSR count). The minimum absolute atomic E-state index is 0.176. The Morgan fingerprint density at radius 3 is 1.88 bits per heavy atom. The van der Waals surface area contributed by atoms with Gasteiger partial charge in [0.2, 0.25) is 0 Å². The van der Waals surface area contributed by atoms with Crippen molar-refractivity contribution in [1.29, 1.82) is 0 Å². The molecule has 0 bridgehead atoms. The number of carbonyl (C=O) groups excluding carboxylic acids is 1. The summed E-state index contributed by atoms with van der Waals surface area (Å²) in [5, 5.41) is 0. The lowest BCUT2D eigenvalue weighted by atomic mass is 9.41. The molecule has 0 spiro atoms. The van der Waals surface area contributed by atoms with Crippen LogP contribution in [0.1, 0.15) is 34.6 Å². The van der Waals surface area contributed by atoms with E-state index in [1.54, 1.807) is 7.11 Å². The summed E-state index contributed by atoms with van der Waals surface area (Å²) in [5.74, 6) is 0.733. The molecule has 0 aromatic rings. The van der Waals surface area contributed by atoms with Crippen LogP contribution >= 0.6 is 0 Å². The molecular weight excluding hydrogens is 204 g/mol. The lowest BCUT2D eigenvalue weighted by molar-refractivity contribution is -0.205. The second kappa shape index (κ2) is 4.36. The first-order valence-corrected chi connectivity index (χ1v) is 5.87. The zero-order chi connectivity index (χ0) is 12.6. The number of rotatable bonds is 4. The third kappa shape index (κ3) is 2.10. The lowest BCUT2D eigenvalue weighted by Crippen LogP contribution is -2.62. The molecule has 0 aromatic heterocycles. The van der Waals surface area contributed by atoms with Crippen LogP contribution in [0.4, 0.5) is 0 Å². The zero-order valence-electron chi connectivity index (χ0n) is 11.3. The summed E-state index contributed by atoms with van der Waals surface area (Å²) in [6.45, 7) is 11.7. The van der Waals surface area contributed by atoms with Gasteiger partial charge in [-0.25, -0.2) is 0 Å². The highest BCUT2D eigenvalue weighted by Crippen LogP contribution is 2.63. The predicted molar refractivity (Wildman–Crippen MR) is 63.1 cm³/mol. The maximum atomic E-state index is 10.9. The Bertz CT molecular complexity index is 252. The molecule has 1 fully saturated rings. The Balaban J connectivity index is 2.68. The maximum absolute atomic E-state index is 10.9. The highest BCUT2D eigenvalue weighted by atomic mass is 16.5. The van der Waals surface area contributed by atoms with E-state index in [4.69, 9.17) is 9.47 Å². The van der Waals surface area contributed by atoms with Crippen LogP contribution in [0.5, 0.6) is 0 Å². The first-order chi connectivity index (χ1) is 7.24. The fourth-order valence-corrected chi connectivity index (χ4v) is 3.53. The molecule has 0 radical (unpaired) electrons. The Kier molecular flexibility index (Phi) is 3.68. The fraction of sp³-hybridized carbons (Fsp3) is 0.923. The predicted octanol–water partition coefficient (Wildman–Crippen LogP) is 2.49. The van der Waals surface area contributed by atoms with E-state index >= 15 is 0 Å². The molecule has 0 aliphatic heterocycles. The fourth-order valence-electron chi connectivity index (χ4n) is 3.53. The van der Waals surface area contributed by atoms with Crippen LogP contribution in [0.25, 0.3) is 0 Å². The number of hydrogen-bond acceptors (Lipinski definition) is 3. The van der Waals surface area contributed by atoms with Crippen molar-refractivity contribution in [3.8, 4) is 0 Å². The molecule has 0 unspecified atom stereocenters. The first-order valence-electron chi connectivity index (χ1n) is 5.87. The number of ether oxygens (including phenoxy) is 2. The molecule has 1 aliphatic rings. The Morgan fingerprint density at radius 2 is 1.50 bits per heavy atom. The van der Waals surface area contributed by atoms with Crippen molar-refractivity contribution in [1.82, 2.24) is 0 Å². The molecule has 3 nitrogen and oxygen atoms in total. The molecule has 94 valence electrons. The van der Waals surface area contributed by atoms with Crippen molar-refractivity contribution in [3.05, 3.63) is 0 Å². The van der Waals surface area contributed by atoms with E-state index in [-0.39, 0.29) is 16.8 Å². The quantitative estimate of drug-likeness (QED) is 0.693. The maximum Gasteiger partial charge on any atom is 0.302 e. The first kappa shape index (κ1) is 13.5. The van der Waals surface area contributed by atoms with Gasteiger partial charge in [0.05, 0.1) is 13.2 Å². The van der Waals surface area contributed by atoms with Crippen LogP contribution in [0, 0.1) is 22.7 Å². The average Bonchev–Trinajstić information content (AvgIpc) is 2.12. The van der Waals surface area contributed by atoms with Crippen LogP contribution in [-0.2, 0) is 14.3 Å². The largest absolute Gasteiger partial charge is 0.466 e. The molecule has 0 saturated heterocycles. The van der Waals surface area contributed by atoms with Gasteiger partial charge < -0.3 is 9.47 Å². The van der Waals surface area contributed by atoms with Crippen LogP contribution in [0.3, 0.4) is 0 Å². The Morgan fingerprint density at radius 1 is 1.06 bits per heavy atom. The van der Waals surface area contributed by atoms with Gasteiger partial charge in [-0.15, -0.1) is 0 Å². The van der Waals surface area contributed by atoms with Gasteiger partial charge >= 0.3 is 5.97 Å². The van der Waals surface area contributed by atoms with Crippen molar-refractivity contribution in [2.45, 2.75) is 34.6 Å². The van der Waals surface area contributed by atoms with Gasteiger partial charge in [0.15, 0.2) is 0 Å². The summed E-state index contributed by atoms with van der Waals surface area (Å²) in [5.41, 5.74) is 0.351. The van der Waals surface area contributed by atoms with E-state index in [0.29, 0.717) is 18.4 Å². The van der Waals surface area contributed by atoms with Crippen molar-refractivity contribution in [3.63, 3.8) is 0 Å². The lowest BCUT2D eigenvalue weighted by Gasteiger charge is -2.64. The smallest absolute Gasteiger partial charge is 0.302 e. The van der Waals surface area contributed by atoms with E-state index in [0.717, 1.165) is 6.61 Å². The van der Waals surface area contributed by atoms with E-state index in [1.165, 1.54) is 6.92 Å². The van der Waals surface area contributed by atoms with Gasteiger partial charge in [0, 0.05) is 20.0 Å². The van der Waals surface area contributed by atoms with E-state index in [2.05, 4.69) is 27.7 Å². The highest BCUT2D eigenvalue weighted by Gasteiger charge is 2.61. The SMILES string of the molecule is COCC1C(C)(C)C(COC(C)=O)C1(C)C. The van der Waals surface area contributed by atoms with Crippen molar-refractivity contribution < 1.29 is 14.3 Å². The van der Waals surface area contributed by atoms with Crippen LogP contribution < -0.4 is 0 Å². The van der Waals surface area contributed by atoms with E-state index in [1.807, 2.05) is 0 Å². The van der Waals surface area contributed by atoms with Gasteiger partial charge in [-0.1, -0.05) is 27.7 Å². The number of carbonyl (C=O) groups is 1. The van der Waals surface area contributed by atoms with Crippen molar-refractivity contribution in [2.75, 3.05) is 20.3 Å². The second-order valence-corrected chi connectivity index (χ2v) is 6.01. The summed E-state index contributed by atoms with van der Waals surface area (Å²) >= 11 is 0. The minimum atomic E-state index is -0.193. The summed E-state index contributed by atoms with van der Waals surface area (Å²) in [6, 6.07) is 0. The van der Waals surface area contributed by atoms with Gasteiger partial charge in [-0.2, -0.15) is 0 Å². The molecule has 0 heterocycles. The second-order valence-electron chi connectivity index (χ2n) is 6.01. The summed E-state index contributed by atoms with van der Waals surface area (Å²) in [7, 11) is 1.74. The average molecular weight is 228 g/mol. The molecule has 0 aromatic carbocycles. The van der Waals surface area contributed by atoms with Crippen molar-refractivity contribution >= 4 is 5.97 Å². The molecule has 0 N–H and O–H groups in total. The minimum Gasteiger partial charge on any atom is -0.466 e. The molecular formula is C13H24O3. The molecule has 0 atom stereocenters. The van der Waals surface area contributed by atoms with E-state index in [9.17, 15) is 4.79 Å². The van der Waals surface area contributed by atoms with Gasteiger partial charge in [0.25, 0.3) is 0 Å². The van der Waals surface area contributed by atoms with E-state index < -0.39 is 0 Å². The monoisotopic (exact) mass is 228 g/mol. The van der Waals surface area contributed by atoms with Crippen LogP contribution in [-0.4, -0.2) is 26.3 Å². The van der Waals surface area contributed by atoms with Crippen LogP contribution in [0.15, 0.2) is 0 Å². The summed E-state index contributed by atoms with van der Waals surface area (Å²) < 4.78 is 10.4. The third-order valence-corrected chi connectivity index (χ3v) is 4.38. The summed E-state index contributed by atoms with van der Waals surface area (Å²) in [4.78, 5) is 10.9. The Hall–Kier alpha value is -0.570. The third-order valence-electron chi connectivity index (χ3n) is 4.38. The van der Waals surface area contributed by atoms with Gasteiger partial charge in [0.1, 0.15) is 0 Å². The van der Waals surface area contributed by atoms with Crippen LogP contribution in [0.2, 0.25) is 0 Å². The molecule has 0 amide bonds. The summed E-state index contributed by atoms with van der Waals surface area (Å²) in [6.07, 6.45) is 0. The molecule has 16 heavy (non-hydrogen) atoms. The zero-order valence-corrected chi connectivity index (χ0v) is 11.3. The van der Waals surface area contributed by atoms with Gasteiger partial charge in [-0.3, -0.25) is 4.79 Å². The molecule has 1 aliphatic carbocycles.